The molecule has 5 heteroatoms. The Hall–Kier alpha value is -0.650. The van der Waals surface area contributed by atoms with Crippen LogP contribution in [0, 0.1) is 0 Å². The SMILES string of the molecule is CN1CCC(N2CCCC(NC(=O)C3(N4CCCCC4)CCCCC3)C2)CC1. The van der Waals surface area contributed by atoms with Crippen LogP contribution in [-0.2, 0) is 4.79 Å². The van der Waals surface area contributed by atoms with Gasteiger partial charge in [-0.1, -0.05) is 25.7 Å². The number of carbonyl (C=O) groups is 1. The molecule has 1 unspecified atom stereocenters. The summed E-state index contributed by atoms with van der Waals surface area (Å²) in [5.74, 6) is 0.365. The van der Waals surface area contributed by atoms with Crippen LogP contribution in [0.25, 0.3) is 0 Å². The first-order valence-corrected chi connectivity index (χ1v) is 12.2. The molecule has 28 heavy (non-hydrogen) atoms. The van der Waals surface area contributed by atoms with E-state index in [0.29, 0.717) is 11.9 Å². The van der Waals surface area contributed by atoms with Crippen molar-refractivity contribution in [1.29, 1.82) is 0 Å². The van der Waals surface area contributed by atoms with Crippen molar-refractivity contribution in [2.24, 2.45) is 0 Å². The van der Waals surface area contributed by atoms with Gasteiger partial charge < -0.3 is 10.2 Å². The summed E-state index contributed by atoms with van der Waals surface area (Å²) in [5.41, 5.74) is -0.200. The van der Waals surface area contributed by atoms with Crippen molar-refractivity contribution in [1.82, 2.24) is 20.0 Å². The van der Waals surface area contributed by atoms with Crippen molar-refractivity contribution in [3.63, 3.8) is 0 Å². The van der Waals surface area contributed by atoms with Crippen molar-refractivity contribution in [2.75, 3.05) is 46.3 Å². The van der Waals surface area contributed by atoms with Gasteiger partial charge in [-0.2, -0.15) is 0 Å². The zero-order valence-corrected chi connectivity index (χ0v) is 18.1. The molecule has 0 aromatic heterocycles. The van der Waals surface area contributed by atoms with E-state index < -0.39 is 0 Å². The van der Waals surface area contributed by atoms with E-state index >= 15 is 0 Å². The number of likely N-dealkylation sites (tertiary alicyclic amines) is 3. The Morgan fingerprint density at radius 2 is 1.50 bits per heavy atom. The van der Waals surface area contributed by atoms with Crippen molar-refractivity contribution >= 4 is 5.91 Å². The van der Waals surface area contributed by atoms with Gasteiger partial charge in [0.15, 0.2) is 0 Å². The number of carbonyl (C=O) groups excluding carboxylic acids is 1. The van der Waals surface area contributed by atoms with Gasteiger partial charge in [-0.15, -0.1) is 0 Å². The molecule has 1 saturated carbocycles. The summed E-state index contributed by atoms with van der Waals surface area (Å²) in [6.07, 6.45) is 14.7. The molecule has 0 bridgehead atoms. The van der Waals surface area contributed by atoms with Gasteiger partial charge in [0.25, 0.3) is 0 Å². The van der Waals surface area contributed by atoms with E-state index in [4.69, 9.17) is 0 Å². The van der Waals surface area contributed by atoms with Crippen LogP contribution in [0.15, 0.2) is 0 Å². The second kappa shape index (κ2) is 9.44. The number of nitrogens with zero attached hydrogens (tertiary/aromatic N) is 3. The molecule has 160 valence electrons. The minimum absolute atomic E-state index is 0.200. The minimum atomic E-state index is -0.200. The van der Waals surface area contributed by atoms with Crippen LogP contribution in [0.5, 0.6) is 0 Å². The van der Waals surface area contributed by atoms with Crippen molar-refractivity contribution in [3.05, 3.63) is 0 Å². The van der Waals surface area contributed by atoms with Gasteiger partial charge >= 0.3 is 0 Å². The highest BCUT2D eigenvalue weighted by Crippen LogP contribution is 2.36. The molecule has 1 amide bonds. The van der Waals surface area contributed by atoms with Crippen LogP contribution in [0.1, 0.15) is 77.0 Å². The third-order valence-electron chi connectivity index (χ3n) is 8.06. The van der Waals surface area contributed by atoms with Crippen LogP contribution < -0.4 is 5.32 Å². The lowest BCUT2D eigenvalue weighted by Gasteiger charge is -2.48. The molecule has 0 aromatic rings. The summed E-state index contributed by atoms with van der Waals surface area (Å²) >= 11 is 0. The molecule has 1 atom stereocenters. The third kappa shape index (κ3) is 4.57. The van der Waals surface area contributed by atoms with Crippen LogP contribution >= 0.6 is 0 Å². The first-order chi connectivity index (χ1) is 13.7. The molecule has 0 aromatic carbocycles. The average molecular weight is 391 g/mol. The summed E-state index contributed by atoms with van der Waals surface area (Å²) in [6.45, 7) is 6.97. The Kier molecular flexibility index (Phi) is 6.95. The van der Waals surface area contributed by atoms with Gasteiger partial charge in [-0.3, -0.25) is 14.6 Å². The number of hydrogen-bond donors (Lipinski definition) is 1. The fraction of sp³-hybridized carbons (Fsp3) is 0.957. The molecule has 3 saturated heterocycles. The summed E-state index contributed by atoms with van der Waals surface area (Å²) in [4.78, 5) is 21.3. The van der Waals surface area contributed by atoms with Crippen LogP contribution in [0.4, 0.5) is 0 Å². The van der Waals surface area contributed by atoms with E-state index in [0.717, 1.165) is 44.9 Å². The normalized spacial score (nSPS) is 31.5. The molecule has 3 aliphatic heterocycles. The second-order valence-corrected chi connectivity index (χ2v) is 9.98. The lowest BCUT2D eigenvalue weighted by molar-refractivity contribution is -0.138. The molecule has 3 heterocycles. The molecular formula is C23H42N4O. The first kappa shape index (κ1) is 20.6. The maximum atomic E-state index is 13.6. The molecular weight excluding hydrogens is 348 g/mol. The molecule has 0 radical (unpaired) electrons. The predicted octanol–water partition coefficient (Wildman–Crippen LogP) is 2.85. The largest absolute Gasteiger partial charge is 0.350 e. The molecule has 4 rings (SSSR count). The highest BCUT2D eigenvalue weighted by atomic mass is 16.2. The van der Waals surface area contributed by atoms with Gasteiger partial charge in [0.2, 0.25) is 5.91 Å². The van der Waals surface area contributed by atoms with Crippen LogP contribution in [0.2, 0.25) is 0 Å². The van der Waals surface area contributed by atoms with Gasteiger partial charge in [0.1, 0.15) is 5.54 Å². The van der Waals surface area contributed by atoms with Gasteiger partial charge in [-0.25, -0.2) is 0 Å². The first-order valence-electron chi connectivity index (χ1n) is 12.2. The molecule has 5 nitrogen and oxygen atoms in total. The smallest absolute Gasteiger partial charge is 0.240 e. The summed E-state index contributed by atoms with van der Waals surface area (Å²) in [5, 5.41) is 3.57. The number of nitrogens with one attached hydrogen (secondary N) is 1. The van der Waals surface area contributed by atoms with Crippen LogP contribution in [0.3, 0.4) is 0 Å². The quantitative estimate of drug-likeness (QED) is 0.801. The number of rotatable bonds is 4. The topological polar surface area (TPSA) is 38.8 Å². The highest BCUT2D eigenvalue weighted by molar-refractivity contribution is 5.86. The monoisotopic (exact) mass is 390 g/mol. The lowest BCUT2D eigenvalue weighted by Crippen LogP contribution is -2.63. The Balaban J connectivity index is 1.38. The Morgan fingerprint density at radius 3 is 2.21 bits per heavy atom. The maximum absolute atomic E-state index is 13.6. The second-order valence-electron chi connectivity index (χ2n) is 9.98. The Labute approximate surface area is 172 Å². The molecule has 4 aliphatic rings. The Morgan fingerprint density at radius 1 is 0.821 bits per heavy atom. The van der Waals surface area contributed by atoms with E-state index in [-0.39, 0.29) is 5.54 Å². The lowest BCUT2D eigenvalue weighted by atomic mass is 9.78. The van der Waals surface area contributed by atoms with E-state index in [2.05, 4.69) is 27.1 Å². The Bertz CT molecular complexity index is 505. The van der Waals surface area contributed by atoms with E-state index in [9.17, 15) is 4.79 Å². The van der Waals surface area contributed by atoms with Crippen molar-refractivity contribution in [2.45, 2.75) is 94.7 Å². The fourth-order valence-corrected chi connectivity index (χ4v) is 6.28. The summed E-state index contributed by atoms with van der Waals surface area (Å²) in [6, 6.07) is 1.08. The van der Waals surface area contributed by atoms with E-state index in [1.54, 1.807) is 0 Å². The van der Waals surface area contributed by atoms with Gasteiger partial charge in [0, 0.05) is 18.6 Å². The van der Waals surface area contributed by atoms with Crippen molar-refractivity contribution < 1.29 is 4.79 Å². The molecule has 1 N–H and O–H groups in total. The number of hydrogen-bond acceptors (Lipinski definition) is 4. The van der Waals surface area contributed by atoms with Gasteiger partial charge in [0.05, 0.1) is 0 Å². The number of piperidine rings is 3. The maximum Gasteiger partial charge on any atom is 0.240 e. The van der Waals surface area contributed by atoms with E-state index in [1.807, 2.05) is 0 Å². The van der Waals surface area contributed by atoms with E-state index in [1.165, 1.54) is 77.4 Å². The minimum Gasteiger partial charge on any atom is -0.350 e. The highest BCUT2D eigenvalue weighted by Gasteiger charge is 2.45. The number of amides is 1. The van der Waals surface area contributed by atoms with Gasteiger partial charge in [-0.05, 0) is 91.1 Å². The molecule has 1 aliphatic carbocycles. The summed E-state index contributed by atoms with van der Waals surface area (Å²) in [7, 11) is 2.24. The summed E-state index contributed by atoms with van der Waals surface area (Å²) < 4.78 is 0. The van der Waals surface area contributed by atoms with Crippen LogP contribution in [-0.4, -0.2) is 84.5 Å². The zero-order valence-electron chi connectivity index (χ0n) is 18.1. The standard InChI is InChI=1S/C23H42N4O/c1-25-17-10-21(11-18-25)26-14-8-9-20(19-26)24-22(28)23(12-4-2-5-13-23)27-15-6-3-7-16-27/h20-21H,2-19H2,1H3,(H,24,28). The molecule has 4 fully saturated rings. The average Bonchev–Trinajstić information content (AvgIpc) is 2.75. The van der Waals surface area contributed by atoms with Crippen molar-refractivity contribution in [3.8, 4) is 0 Å². The fourth-order valence-electron chi connectivity index (χ4n) is 6.28. The third-order valence-corrected chi connectivity index (χ3v) is 8.06. The zero-order chi connectivity index (χ0) is 19.4. The molecule has 0 spiro atoms. The predicted molar refractivity (Wildman–Crippen MR) is 114 cm³/mol.